The van der Waals surface area contributed by atoms with Crippen LogP contribution in [0.25, 0.3) is 0 Å². The average molecular weight is 364 g/mol. The standard InChI is InChI=1S/C20H20N4O3/c1-12-7-8-17(27-3)16(9-12)23-20-21-13(2)10-18(24-20)22-15-6-4-5-14(11-15)19(25)26/h4-11H,1-3H3,(H,25,26)(H2,21,22,23,24). The van der Waals surface area contributed by atoms with Crippen LogP contribution in [0.3, 0.4) is 0 Å². The SMILES string of the molecule is COc1ccc(C)cc1Nc1nc(C)cc(Nc2cccc(C(=O)O)c2)n1. The van der Waals surface area contributed by atoms with Crippen molar-refractivity contribution >= 4 is 29.1 Å². The van der Waals surface area contributed by atoms with Crippen molar-refractivity contribution in [2.75, 3.05) is 17.7 Å². The predicted molar refractivity (Wildman–Crippen MR) is 104 cm³/mol. The molecule has 7 nitrogen and oxygen atoms in total. The first-order valence-electron chi connectivity index (χ1n) is 8.32. The molecule has 0 spiro atoms. The Balaban J connectivity index is 1.88. The molecule has 0 unspecified atom stereocenters. The van der Waals surface area contributed by atoms with Crippen LogP contribution >= 0.6 is 0 Å². The summed E-state index contributed by atoms with van der Waals surface area (Å²) in [6.07, 6.45) is 0. The predicted octanol–water partition coefficient (Wildman–Crippen LogP) is 4.29. The van der Waals surface area contributed by atoms with Crippen LogP contribution in [0.15, 0.2) is 48.5 Å². The van der Waals surface area contributed by atoms with E-state index in [9.17, 15) is 4.79 Å². The lowest BCUT2D eigenvalue weighted by Gasteiger charge is -2.13. The first-order chi connectivity index (χ1) is 12.9. The van der Waals surface area contributed by atoms with Crippen LogP contribution in [0.5, 0.6) is 5.75 Å². The number of hydrogen-bond donors (Lipinski definition) is 3. The maximum absolute atomic E-state index is 11.1. The van der Waals surface area contributed by atoms with E-state index in [0.29, 0.717) is 23.2 Å². The van der Waals surface area contributed by atoms with Gasteiger partial charge in [-0.2, -0.15) is 4.98 Å². The van der Waals surface area contributed by atoms with Gasteiger partial charge < -0.3 is 20.5 Å². The van der Waals surface area contributed by atoms with Crippen LogP contribution in [0.2, 0.25) is 0 Å². The molecule has 0 aliphatic heterocycles. The number of benzene rings is 2. The van der Waals surface area contributed by atoms with E-state index >= 15 is 0 Å². The molecule has 3 N–H and O–H groups in total. The number of hydrogen-bond acceptors (Lipinski definition) is 6. The minimum absolute atomic E-state index is 0.202. The van der Waals surface area contributed by atoms with Crippen LogP contribution in [0.4, 0.5) is 23.1 Å². The van der Waals surface area contributed by atoms with Crippen LogP contribution in [0, 0.1) is 13.8 Å². The van der Waals surface area contributed by atoms with Crippen molar-refractivity contribution in [1.82, 2.24) is 9.97 Å². The molecular weight excluding hydrogens is 344 g/mol. The molecule has 2 aromatic carbocycles. The number of nitrogens with one attached hydrogen (secondary N) is 2. The Morgan fingerprint density at radius 3 is 2.59 bits per heavy atom. The van der Waals surface area contributed by atoms with Gasteiger partial charge in [0.25, 0.3) is 0 Å². The minimum Gasteiger partial charge on any atom is -0.495 e. The number of nitrogens with zero attached hydrogens (tertiary/aromatic N) is 2. The Bertz CT molecular complexity index is 989. The van der Waals surface area contributed by atoms with Crippen molar-refractivity contribution in [2.24, 2.45) is 0 Å². The molecule has 0 aliphatic carbocycles. The molecule has 0 bridgehead atoms. The van der Waals surface area contributed by atoms with Gasteiger partial charge >= 0.3 is 5.97 Å². The molecular formula is C20H20N4O3. The second-order valence-corrected chi connectivity index (χ2v) is 6.06. The van der Waals surface area contributed by atoms with Crippen LogP contribution in [0.1, 0.15) is 21.6 Å². The van der Waals surface area contributed by atoms with Crippen molar-refractivity contribution < 1.29 is 14.6 Å². The van der Waals surface area contributed by atoms with E-state index in [4.69, 9.17) is 9.84 Å². The van der Waals surface area contributed by atoms with E-state index in [0.717, 1.165) is 16.9 Å². The van der Waals surface area contributed by atoms with Gasteiger partial charge in [0, 0.05) is 17.4 Å². The molecule has 1 aromatic heterocycles. The van der Waals surface area contributed by atoms with Crippen molar-refractivity contribution in [1.29, 1.82) is 0 Å². The highest BCUT2D eigenvalue weighted by Gasteiger charge is 2.09. The zero-order chi connectivity index (χ0) is 19.4. The van der Waals surface area contributed by atoms with Gasteiger partial charge in [-0.3, -0.25) is 0 Å². The highest BCUT2D eigenvalue weighted by Crippen LogP contribution is 2.28. The van der Waals surface area contributed by atoms with E-state index in [1.807, 2.05) is 32.0 Å². The Morgan fingerprint density at radius 1 is 1.04 bits per heavy atom. The Morgan fingerprint density at radius 2 is 1.85 bits per heavy atom. The second kappa shape index (κ2) is 7.74. The summed E-state index contributed by atoms with van der Waals surface area (Å²) in [7, 11) is 1.61. The van der Waals surface area contributed by atoms with Crippen LogP contribution in [-0.2, 0) is 0 Å². The van der Waals surface area contributed by atoms with E-state index in [2.05, 4.69) is 20.6 Å². The van der Waals surface area contributed by atoms with Crippen LogP contribution < -0.4 is 15.4 Å². The first-order valence-corrected chi connectivity index (χ1v) is 8.32. The third-order valence-electron chi connectivity index (χ3n) is 3.84. The molecule has 0 aliphatic rings. The summed E-state index contributed by atoms with van der Waals surface area (Å²) in [6, 6.07) is 14.1. The number of methoxy groups -OCH3 is 1. The molecule has 0 radical (unpaired) electrons. The lowest BCUT2D eigenvalue weighted by Crippen LogP contribution is -2.04. The van der Waals surface area contributed by atoms with Gasteiger partial charge in [0.1, 0.15) is 11.6 Å². The number of anilines is 4. The average Bonchev–Trinajstić information content (AvgIpc) is 2.61. The van der Waals surface area contributed by atoms with Gasteiger partial charge in [-0.25, -0.2) is 9.78 Å². The normalized spacial score (nSPS) is 10.3. The first kappa shape index (κ1) is 18.2. The second-order valence-electron chi connectivity index (χ2n) is 6.06. The van der Waals surface area contributed by atoms with Crippen LogP contribution in [-0.4, -0.2) is 28.2 Å². The molecule has 138 valence electrons. The summed E-state index contributed by atoms with van der Waals surface area (Å²) in [5, 5.41) is 15.4. The number of aromatic carboxylic acids is 1. The van der Waals surface area contributed by atoms with Crippen molar-refractivity contribution in [3.05, 3.63) is 65.4 Å². The number of carbonyl (C=O) groups is 1. The summed E-state index contributed by atoms with van der Waals surface area (Å²) in [5.74, 6) is 0.677. The molecule has 0 amide bonds. The van der Waals surface area contributed by atoms with Gasteiger partial charge in [-0.05, 0) is 49.7 Å². The molecule has 0 fully saturated rings. The highest BCUT2D eigenvalue weighted by molar-refractivity contribution is 5.89. The van der Waals surface area contributed by atoms with Crippen molar-refractivity contribution in [3.63, 3.8) is 0 Å². The summed E-state index contributed by atoms with van der Waals surface area (Å²) >= 11 is 0. The Labute approximate surface area is 157 Å². The summed E-state index contributed by atoms with van der Waals surface area (Å²) < 4.78 is 5.37. The summed E-state index contributed by atoms with van der Waals surface area (Å²) in [4.78, 5) is 20.0. The molecule has 27 heavy (non-hydrogen) atoms. The number of carboxylic acids is 1. The lowest BCUT2D eigenvalue weighted by molar-refractivity contribution is 0.0697. The van der Waals surface area contributed by atoms with E-state index in [-0.39, 0.29) is 5.56 Å². The Hall–Kier alpha value is -3.61. The molecule has 0 saturated heterocycles. The number of aryl methyl sites for hydroxylation is 2. The summed E-state index contributed by atoms with van der Waals surface area (Å²) in [6.45, 7) is 3.85. The molecule has 0 saturated carbocycles. The maximum atomic E-state index is 11.1. The van der Waals surface area contributed by atoms with Gasteiger partial charge in [-0.15, -0.1) is 0 Å². The zero-order valence-electron chi connectivity index (χ0n) is 15.3. The van der Waals surface area contributed by atoms with Gasteiger partial charge in [0.15, 0.2) is 0 Å². The summed E-state index contributed by atoms with van der Waals surface area (Å²) in [5.41, 5.74) is 3.44. The smallest absolute Gasteiger partial charge is 0.335 e. The monoisotopic (exact) mass is 364 g/mol. The quantitative estimate of drug-likeness (QED) is 0.600. The Kier molecular flexibility index (Phi) is 5.21. The maximum Gasteiger partial charge on any atom is 0.335 e. The van der Waals surface area contributed by atoms with Gasteiger partial charge in [0.2, 0.25) is 5.95 Å². The molecule has 1 heterocycles. The lowest BCUT2D eigenvalue weighted by atomic mass is 10.2. The van der Waals surface area contributed by atoms with E-state index in [1.54, 1.807) is 31.4 Å². The molecule has 3 rings (SSSR count). The van der Waals surface area contributed by atoms with E-state index in [1.165, 1.54) is 6.07 Å². The molecule has 3 aromatic rings. The third kappa shape index (κ3) is 4.52. The fourth-order valence-corrected chi connectivity index (χ4v) is 2.61. The van der Waals surface area contributed by atoms with Crippen molar-refractivity contribution in [3.8, 4) is 5.75 Å². The fourth-order valence-electron chi connectivity index (χ4n) is 2.61. The number of ether oxygens (including phenoxy) is 1. The topological polar surface area (TPSA) is 96.4 Å². The largest absolute Gasteiger partial charge is 0.495 e. The van der Waals surface area contributed by atoms with E-state index < -0.39 is 5.97 Å². The third-order valence-corrected chi connectivity index (χ3v) is 3.84. The van der Waals surface area contributed by atoms with Gasteiger partial charge in [-0.1, -0.05) is 12.1 Å². The zero-order valence-corrected chi connectivity index (χ0v) is 15.3. The number of carboxylic acid groups (broad SMARTS) is 1. The van der Waals surface area contributed by atoms with Crippen molar-refractivity contribution in [2.45, 2.75) is 13.8 Å². The number of rotatable bonds is 6. The highest BCUT2D eigenvalue weighted by atomic mass is 16.5. The van der Waals surface area contributed by atoms with Gasteiger partial charge in [0.05, 0.1) is 18.4 Å². The fraction of sp³-hybridized carbons (Fsp3) is 0.150. The molecule has 7 heteroatoms. The minimum atomic E-state index is -0.980. The molecule has 0 atom stereocenters. The number of aromatic nitrogens is 2.